The fourth-order valence-corrected chi connectivity index (χ4v) is 6.04. The van der Waals surface area contributed by atoms with Gasteiger partial charge >= 0.3 is 0 Å². The van der Waals surface area contributed by atoms with Gasteiger partial charge in [-0.2, -0.15) is 0 Å². The number of hydrogen-bond acceptors (Lipinski definition) is 8. The van der Waals surface area contributed by atoms with E-state index in [1.807, 2.05) is 12.1 Å². The van der Waals surface area contributed by atoms with Gasteiger partial charge in [-0.05, 0) is 43.3 Å². The first-order valence-corrected chi connectivity index (χ1v) is 11.5. The third-order valence-corrected chi connectivity index (χ3v) is 7.92. The predicted octanol–water partition coefficient (Wildman–Crippen LogP) is 3.88. The molecule has 0 atom stereocenters. The van der Waals surface area contributed by atoms with E-state index >= 15 is 0 Å². The fourth-order valence-electron chi connectivity index (χ4n) is 2.61. The molecule has 0 bridgehead atoms. The van der Waals surface area contributed by atoms with Crippen LogP contribution in [0.3, 0.4) is 0 Å². The molecule has 4 aromatic rings. The summed E-state index contributed by atoms with van der Waals surface area (Å²) in [5, 5.41) is 3.56. The highest BCUT2D eigenvalue weighted by atomic mass is 32.2. The highest BCUT2D eigenvalue weighted by Gasteiger charge is 2.22. The molecule has 0 saturated carbocycles. The van der Waals surface area contributed by atoms with Crippen LogP contribution in [0, 0.1) is 6.92 Å². The number of hydrogen-bond donors (Lipinski definition) is 2. The summed E-state index contributed by atoms with van der Waals surface area (Å²) in [6.07, 6.45) is 1.72. The van der Waals surface area contributed by atoms with Gasteiger partial charge in [-0.3, -0.25) is 9.52 Å². The Hall–Kier alpha value is -2.89. The van der Waals surface area contributed by atoms with Gasteiger partial charge in [0.25, 0.3) is 10.0 Å². The SMILES string of the molecule is CC(=O)Nc1nc(C)c(S(=O)(=O)Nc2ccc(-c3nc4cccnc4s3)cc2)s1. The van der Waals surface area contributed by atoms with Crippen LogP contribution in [0.2, 0.25) is 0 Å². The standard InChI is InChI=1S/C18H15N5O3S3/c1-10-17(28-18(20-10)21-11(2)24)29(25,26)23-13-7-5-12(6-8-13)15-22-14-4-3-9-19-16(14)27-15/h3-9,23H,1-2H3,(H,20,21,24). The van der Waals surface area contributed by atoms with Gasteiger partial charge in [0.1, 0.15) is 15.4 Å². The first-order valence-electron chi connectivity index (χ1n) is 8.42. The van der Waals surface area contributed by atoms with Crippen LogP contribution < -0.4 is 10.0 Å². The number of fused-ring (bicyclic) bond motifs is 1. The zero-order chi connectivity index (χ0) is 20.6. The number of aryl methyl sites for hydroxylation is 1. The topological polar surface area (TPSA) is 114 Å². The smallest absolute Gasteiger partial charge is 0.273 e. The van der Waals surface area contributed by atoms with E-state index in [0.29, 0.717) is 11.4 Å². The van der Waals surface area contributed by atoms with Gasteiger partial charge in [-0.1, -0.05) is 22.7 Å². The van der Waals surface area contributed by atoms with Crippen LogP contribution in [0.25, 0.3) is 20.9 Å². The molecule has 0 radical (unpaired) electrons. The number of thiazole rings is 2. The summed E-state index contributed by atoms with van der Waals surface area (Å²) in [7, 11) is -3.83. The van der Waals surface area contributed by atoms with Crippen LogP contribution >= 0.6 is 22.7 Å². The highest BCUT2D eigenvalue weighted by Crippen LogP contribution is 2.31. The van der Waals surface area contributed by atoms with Gasteiger partial charge in [-0.15, -0.1) is 0 Å². The molecular weight excluding hydrogens is 430 g/mol. The van der Waals surface area contributed by atoms with E-state index in [0.717, 1.165) is 32.3 Å². The van der Waals surface area contributed by atoms with E-state index in [4.69, 9.17) is 0 Å². The van der Waals surface area contributed by atoms with Crippen molar-refractivity contribution in [2.45, 2.75) is 18.1 Å². The molecule has 2 N–H and O–H groups in total. The molecule has 0 aliphatic carbocycles. The quantitative estimate of drug-likeness (QED) is 0.482. The molecule has 3 heterocycles. The van der Waals surface area contributed by atoms with Crippen molar-refractivity contribution in [2.75, 3.05) is 10.0 Å². The van der Waals surface area contributed by atoms with Crippen LogP contribution in [0.15, 0.2) is 46.8 Å². The monoisotopic (exact) mass is 445 g/mol. The normalized spacial score (nSPS) is 11.5. The fraction of sp³-hybridized carbons (Fsp3) is 0.111. The molecule has 11 heteroatoms. The maximum Gasteiger partial charge on any atom is 0.273 e. The second-order valence-electron chi connectivity index (χ2n) is 6.10. The molecule has 4 rings (SSSR count). The minimum absolute atomic E-state index is 0.0579. The van der Waals surface area contributed by atoms with Gasteiger partial charge in [-0.25, -0.2) is 23.4 Å². The second-order valence-corrected chi connectivity index (χ2v) is 9.96. The molecule has 0 fully saturated rings. The highest BCUT2D eigenvalue weighted by molar-refractivity contribution is 7.94. The molecule has 29 heavy (non-hydrogen) atoms. The molecule has 148 valence electrons. The summed E-state index contributed by atoms with van der Waals surface area (Å²) in [6.45, 7) is 2.92. The number of carbonyl (C=O) groups excluding carboxylic acids is 1. The van der Waals surface area contributed by atoms with E-state index in [1.54, 1.807) is 37.4 Å². The minimum atomic E-state index is -3.83. The summed E-state index contributed by atoms with van der Waals surface area (Å²) < 4.78 is 28.0. The van der Waals surface area contributed by atoms with Crippen molar-refractivity contribution in [2.24, 2.45) is 0 Å². The first-order chi connectivity index (χ1) is 13.8. The third-order valence-electron chi connectivity index (χ3n) is 3.83. The van der Waals surface area contributed by atoms with Crippen molar-refractivity contribution in [1.82, 2.24) is 15.0 Å². The summed E-state index contributed by atoms with van der Waals surface area (Å²) in [6, 6.07) is 10.7. The maximum absolute atomic E-state index is 12.7. The number of sulfonamides is 1. The number of nitrogens with zero attached hydrogens (tertiary/aromatic N) is 3. The average molecular weight is 446 g/mol. The number of carbonyl (C=O) groups is 1. The van der Waals surface area contributed by atoms with Crippen LogP contribution in [0.4, 0.5) is 10.8 Å². The minimum Gasteiger partial charge on any atom is -0.302 e. The zero-order valence-corrected chi connectivity index (χ0v) is 17.8. The molecule has 0 unspecified atom stereocenters. The molecular formula is C18H15N5O3S3. The average Bonchev–Trinajstić information content (AvgIpc) is 3.25. The number of rotatable bonds is 5. The Morgan fingerprint density at radius 3 is 2.52 bits per heavy atom. The van der Waals surface area contributed by atoms with Crippen LogP contribution in [-0.2, 0) is 14.8 Å². The molecule has 0 saturated heterocycles. The Labute approximate surface area is 174 Å². The van der Waals surface area contributed by atoms with Crippen LogP contribution in [-0.4, -0.2) is 29.3 Å². The van der Waals surface area contributed by atoms with Crippen molar-refractivity contribution in [1.29, 1.82) is 0 Å². The van der Waals surface area contributed by atoms with Gasteiger partial charge in [0.15, 0.2) is 9.34 Å². The summed E-state index contributed by atoms with van der Waals surface area (Å²) in [5.41, 5.74) is 2.44. The lowest BCUT2D eigenvalue weighted by Crippen LogP contribution is -2.12. The molecule has 8 nitrogen and oxygen atoms in total. The number of aromatic nitrogens is 3. The Balaban J connectivity index is 1.56. The lowest BCUT2D eigenvalue weighted by molar-refractivity contribution is -0.114. The Kier molecular flexibility index (Phi) is 5.03. The number of pyridine rings is 1. The van der Waals surface area contributed by atoms with Gasteiger partial charge in [0, 0.05) is 24.4 Å². The lowest BCUT2D eigenvalue weighted by Gasteiger charge is -2.07. The van der Waals surface area contributed by atoms with E-state index in [1.165, 1.54) is 18.3 Å². The molecule has 3 aromatic heterocycles. The Morgan fingerprint density at radius 1 is 1.07 bits per heavy atom. The Morgan fingerprint density at radius 2 is 1.83 bits per heavy atom. The summed E-state index contributed by atoms with van der Waals surface area (Å²) in [4.78, 5) is 24.9. The first kappa shape index (κ1) is 19.4. The maximum atomic E-state index is 12.7. The Bertz CT molecular complexity index is 1280. The number of amides is 1. The molecule has 1 aromatic carbocycles. The molecule has 1 amide bonds. The lowest BCUT2D eigenvalue weighted by atomic mass is 10.2. The van der Waals surface area contributed by atoms with E-state index in [2.05, 4.69) is 25.0 Å². The predicted molar refractivity (Wildman–Crippen MR) is 115 cm³/mol. The zero-order valence-electron chi connectivity index (χ0n) is 15.3. The van der Waals surface area contributed by atoms with Gasteiger partial charge < -0.3 is 5.32 Å². The van der Waals surface area contributed by atoms with Crippen molar-refractivity contribution in [3.63, 3.8) is 0 Å². The third kappa shape index (κ3) is 4.11. The summed E-state index contributed by atoms with van der Waals surface area (Å²) in [5.74, 6) is -0.309. The van der Waals surface area contributed by atoms with Gasteiger partial charge in [0.2, 0.25) is 5.91 Å². The largest absolute Gasteiger partial charge is 0.302 e. The van der Waals surface area contributed by atoms with E-state index in [9.17, 15) is 13.2 Å². The molecule has 0 aliphatic rings. The summed E-state index contributed by atoms with van der Waals surface area (Å²) >= 11 is 2.38. The van der Waals surface area contributed by atoms with Crippen molar-refractivity contribution in [3.05, 3.63) is 48.3 Å². The van der Waals surface area contributed by atoms with Crippen molar-refractivity contribution < 1.29 is 13.2 Å². The van der Waals surface area contributed by atoms with Crippen molar-refractivity contribution >= 4 is 59.8 Å². The van der Waals surface area contributed by atoms with Crippen LogP contribution in [0.5, 0.6) is 0 Å². The van der Waals surface area contributed by atoms with E-state index in [-0.39, 0.29) is 15.2 Å². The molecule has 0 spiro atoms. The van der Waals surface area contributed by atoms with Crippen molar-refractivity contribution in [3.8, 4) is 10.6 Å². The van der Waals surface area contributed by atoms with Crippen LogP contribution in [0.1, 0.15) is 12.6 Å². The molecule has 0 aliphatic heterocycles. The van der Waals surface area contributed by atoms with Gasteiger partial charge in [0.05, 0.1) is 5.69 Å². The number of anilines is 2. The van der Waals surface area contributed by atoms with E-state index < -0.39 is 10.0 Å². The second kappa shape index (κ2) is 7.50. The number of benzene rings is 1. The number of nitrogens with one attached hydrogen (secondary N) is 2.